The lowest BCUT2D eigenvalue weighted by molar-refractivity contribution is -0.0499. The molecule has 0 fully saturated rings. The summed E-state index contributed by atoms with van der Waals surface area (Å²) in [6, 6.07) is 4.61. The predicted molar refractivity (Wildman–Crippen MR) is 49.0 cm³/mol. The van der Waals surface area contributed by atoms with Crippen LogP contribution >= 0.6 is 0 Å². The van der Waals surface area contributed by atoms with Crippen LogP contribution < -0.4 is 9.47 Å². The Morgan fingerprint density at radius 1 is 1.36 bits per heavy atom. The molecule has 0 spiro atoms. The molecule has 0 aromatic heterocycles. The van der Waals surface area contributed by atoms with E-state index < -0.39 is 6.61 Å². The van der Waals surface area contributed by atoms with Crippen LogP contribution in [0.2, 0.25) is 0 Å². The third-order valence-corrected chi connectivity index (χ3v) is 1.67. The van der Waals surface area contributed by atoms with Gasteiger partial charge in [-0.2, -0.15) is 8.78 Å². The summed E-state index contributed by atoms with van der Waals surface area (Å²) in [7, 11) is 0. The normalized spacial score (nSPS) is 10.4. The summed E-state index contributed by atoms with van der Waals surface area (Å²) in [4.78, 5) is 0. The fraction of sp³-hybridized carbons (Fsp3) is 0.400. The quantitative estimate of drug-likeness (QED) is 0.747. The van der Waals surface area contributed by atoms with Gasteiger partial charge in [0, 0.05) is 0 Å². The Morgan fingerprint density at radius 2 is 2.07 bits per heavy atom. The van der Waals surface area contributed by atoms with E-state index in [-0.39, 0.29) is 5.75 Å². The van der Waals surface area contributed by atoms with Crippen molar-refractivity contribution in [1.82, 2.24) is 0 Å². The van der Waals surface area contributed by atoms with Crippen molar-refractivity contribution in [3.8, 4) is 11.5 Å². The molecule has 2 nitrogen and oxygen atoms in total. The van der Waals surface area contributed by atoms with Crippen molar-refractivity contribution in [2.24, 2.45) is 0 Å². The Bertz CT molecular complexity index is 300. The molecule has 1 aromatic rings. The average Bonchev–Trinajstić information content (AvgIpc) is 2.09. The van der Waals surface area contributed by atoms with E-state index in [0.717, 1.165) is 5.56 Å². The Labute approximate surface area is 81.4 Å². The number of aryl methyl sites for hydroxylation is 1. The first kappa shape index (κ1) is 10.8. The van der Waals surface area contributed by atoms with Crippen LogP contribution in [0.25, 0.3) is 0 Å². The van der Waals surface area contributed by atoms with E-state index in [9.17, 15) is 8.78 Å². The fourth-order valence-electron chi connectivity index (χ4n) is 1.12. The third-order valence-electron chi connectivity index (χ3n) is 1.67. The molecule has 0 aliphatic carbocycles. The second-order valence-corrected chi connectivity index (χ2v) is 2.74. The molecule has 0 atom stereocenters. The van der Waals surface area contributed by atoms with Gasteiger partial charge in [0.2, 0.25) is 0 Å². The van der Waals surface area contributed by atoms with Crippen molar-refractivity contribution in [1.29, 1.82) is 0 Å². The first-order chi connectivity index (χ1) is 6.63. The summed E-state index contributed by atoms with van der Waals surface area (Å²) in [5, 5.41) is 0. The molecule has 0 N–H and O–H groups in total. The zero-order valence-corrected chi connectivity index (χ0v) is 8.09. The molecular formula is C10H12F2O2. The minimum Gasteiger partial charge on any atom is -0.494 e. The van der Waals surface area contributed by atoms with Gasteiger partial charge in [0.25, 0.3) is 0 Å². The van der Waals surface area contributed by atoms with Crippen LogP contribution in [0, 0.1) is 6.92 Å². The smallest absolute Gasteiger partial charge is 0.387 e. The van der Waals surface area contributed by atoms with Gasteiger partial charge in [-0.25, -0.2) is 0 Å². The lowest BCUT2D eigenvalue weighted by atomic mass is 10.2. The molecule has 0 radical (unpaired) electrons. The minimum absolute atomic E-state index is 0.154. The molecule has 0 aliphatic heterocycles. The largest absolute Gasteiger partial charge is 0.494 e. The Kier molecular flexibility index (Phi) is 3.68. The van der Waals surface area contributed by atoms with E-state index in [4.69, 9.17) is 4.74 Å². The molecule has 0 amide bonds. The Hall–Kier alpha value is -1.32. The maximum absolute atomic E-state index is 11.8. The maximum Gasteiger partial charge on any atom is 0.387 e. The molecule has 0 heterocycles. The van der Waals surface area contributed by atoms with E-state index in [1.165, 1.54) is 12.1 Å². The zero-order chi connectivity index (χ0) is 10.6. The lowest BCUT2D eigenvalue weighted by Gasteiger charge is -2.09. The van der Waals surface area contributed by atoms with Gasteiger partial charge < -0.3 is 9.47 Å². The standard InChI is InChI=1S/C10H12F2O2/c1-3-13-9-5-4-8(6-7(9)2)14-10(11)12/h4-6,10H,3H2,1-2H3. The molecular weight excluding hydrogens is 190 g/mol. The monoisotopic (exact) mass is 202 g/mol. The van der Waals surface area contributed by atoms with E-state index in [1.807, 2.05) is 6.92 Å². The Balaban J connectivity index is 2.78. The molecule has 0 saturated heterocycles. The second-order valence-electron chi connectivity index (χ2n) is 2.74. The number of hydrogen-bond acceptors (Lipinski definition) is 2. The zero-order valence-electron chi connectivity index (χ0n) is 8.09. The van der Waals surface area contributed by atoms with E-state index in [1.54, 1.807) is 13.0 Å². The Morgan fingerprint density at radius 3 is 2.57 bits per heavy atom. The number of hydrogen-bond donors (Lipinski definition) is 0. The number of alkyl halides is 2. The SMILES string of the molecule is CCOc1ccc(OC(F)F)cc1C. The molecule has 0 saturated carbocycles. The second kappa shape index (κ2) is 4.79. The lowest BCUT2D eigenvalue weighted by Crippen LogP contribution is -2.02. The van der Waals surface area contributed by atoms with Gasteiger partial charge >= 0.3 is 6.61 Å². The molecule has 1 aromatic carbocycles. The van der Waals surface area contributed by atoms with Crippen LogP contribution in [0.15, 0.2) is 18.2 Å². The number of halogens is 2. The molecule has 78 valence electrons. The van der Waals surface area contributed by atoms with Crippen LogP contribution in [0.3, 0.4) is 0 Å². The van der Waals surface area contributed by atoms with Crippen molar-refractivity contribution in [2.75, 3.05) is 6.61 Å². The third kappa shape index (κ3) is 2.87. The van der Waals surface area contributed by atoms with Crippen LogP contribution in [0.1, 0.15) is 12.5 Å². The number of rotatable bonds is 4. The molecule has 4 heteroatoms. The molecule has 0 aliphatic rings. The molecule has 1 rings (SSSR count). The van der Waals surface area contributed by atoms with E-state index in [0.29, 0.717) is 12.4 Å². The van der Waals surface area contributed by atoms with Crippen LogP contribution in [0.5, 0.6) is 11.5 Å². The summed E-state index contributed by atoms with van der Waals surface area (Å²) >= 11 is 0. The molecule has 14 heavy (non-hydrogen) atoms. The first-order valence-electron chi connectivity index (χ1n) is 4.31. The topological polar surface area (TPSA) is 18.5 Å². The highest BCUT2D eigenvalue weighted by Crippen LogP contribution is 2.24. The summed E-state index contributed by atoms with van der Waals surface area (Å²) < 4.78 is 33.2. The maximum atomic E-state index is 11.8. The highest BCUT2D eigenvalue weighted by Gasteiger charge is 2.06. The molecule has 0 unspecified atom stereocenters. The van der Waals surface area contributed by atoms with E-state index >= 15 is 0 Å². The van der Waals surface area contributed by atoms with Crippen LogP contribution in [-0.4, -0.2) is 13.2 Å². The first-order valence-corrected chi connectivity index (χ1v) is 4.31. The van der Waals surface area contributed by atoms with Crippen molar-refractivity contribution in [3.05, 3.63) is 23.8 Å². The number of ether oxygens (including phenoxy) is 2. The van der Waals surface area contributed by atoms with Gasteiger partial charge in [-0.1, -0.05) is 0 Å². The van der Waals surface area contributed by atoms with Gasteiger partial charge in [-0.15, -0.1) is 0 Å². The van der Waals surface area contributed by atoms with Crippen molar-refractivity contribution in [3.63, 3.8) is 0 Å². The number of benzene rings is 1. The fourth-order valence-corrected chi connectivity index (χ4v) is 1.12. The minimum atomic E-state index is -2.78. The molecule has 0 bridgehead atoms. The van der Waals surface area contributed by atoms with Gasteiger partial charge in [-0.05, 0) is 37.6 Å². The summed E-state index contributed by atoms with van der Waals surface area (Å²) in [5.41, 5.74) is 0.782. The summed E-state index contributed by atoms with van der Waals surface area (Å²) in [6.45, 7) is 1.41. The van der Waals surface area contributed by atoms with Gasteiger partial charge in [0.1, 0.15) is 11.5 Å². The van der Waals surface area contributed by atoms with Crippen molar-refractivity contribution in [2.45, 2.75) is 20.5 Å². The van der Waals surface area contributed by atoms with Crippen LogP contribution in [-0.2, 0) is 0 Å². The summed E-state index contributed by atoms with van der Waals surface area (Å²) in [6.07, 6.45) is 0. The van der Waals surface area contributed by atoms with Gasteiger partial charge in [-0.3, -0.25) is 0 Å². The average molecular weight is 202 g/mol. The highest BCUT2D eigenvalue weighted by atomic mass is 19.3. The van der Waals surface area contributed by atoms with Crippen molar-refractivity contribution >= 4 is 0 Å². The van der Waals surface area contributed by atoms with Gasteiger partial charge in [0.15, 0.2) is 0 Å². The summed E-state index contributed by atoms with van der Waals surface area (Å²) in [5.74, 6) is 0.843. The van der Waals surface area contributed by atoms with Crippen molar-refractivity contribution < 1.29 is 18.3 Å². The predicted octanol–water partition coefficient (Wildman–Crippen LogP) is 3.00. The van der Waals surface area contributed by atoms with E-state index in [2.05, 4.69) is 4.74 Å². The highest BCUT2D eigenvalue weighted by molar-refractivity contribution is 5.39. The van der Waals surface area contributed by atoms with Crippen LogP contribution in [0.4, 0.5) is 8.78 Å². The van der Waals surface area contributed by atoms with Gasteiger partial charge in [0.05, 0.1) is 6.61 Å².